The minimum absolute atomic E-state index is 0.343. The molecule has 4 rings (SSSR count). The molecule has 9 heteroatoms. The normalized spacial score (nSPS) is 16.9. The SMILES string of the molecule is CC(C)(C)n1nnnc1[C@@H](c1ccc(C(F)(F)F)cc1)N1CCN(c2ccccc2)CC1. The molecule has 3 aromatic rings. The third kappa shape index (κ3) is 4.62. The van der Waals surface area contributed by atoms with Gasteiger partial charge in [0.15, 0.2) is 5.82 Å². The molecule has 0 spiro atoms. The van der Waals surface area contributed by atoms with Crippen molar-refractivity contribution in [1.82, 2.24) is 25.1 Å². The number of anilines is 1. The lowest BCUT2D eigenvalue weighted by atomic mass is 10.00. The monoisotopic (exact) mass is 444 g/mol. The third-order valence-electron chi connectivity index (χ3n) is 5.73. The van der Waals surface area contributed by atoms with Crippen LogP contribution in [0.3, 0.4) is 0 Å². The van der Waals surface area contributed by atoms with Crippen molar-refractivity contribution in [2.75, 3.05) is 31.1 Å². The van der Waals surface area contributed by atoms with Crippen LogP contribution in [0.25, 0.3) is 0 Å². The fourth-order valence-electron chi connectivity index (χ4n) is 4.10. The molecule has 2 heterocycles. The minimum Gasteiger partial charge on any atom is -0.369 e. The first-order valence-electron chi connectivity index (χ1n) is 10.6. The van der Waals surface area contributed by atoms with E-state index in [4.69, 9.17) is 0 Å². The molecule has 0 aliphatic carbocycles. The zero-order chi connectivity index (χ0) is 22.9. The first kappa shape index (κ1) is 22.3. The molecule has 1 atom stereocenters. The van der Waals surface area contributed by atoms with Gasteiger partial charge >= 0.3 is 6.18 Å². The fourth-order valence-corrected chi connectivity index (χ4v) is 4.10. The molecule has 0 unspecified atom stereocenters. The summed E-state index contributed by atoms with van der Waals surface area (Å²) in [5.41, 5.74) is 0.878. The van der Waals surface area contributed by atoms with E-state index in [-0.39, 0.29) is 11.6 Å². The van der Waals surface area contributed by atoms with Gasteiger partial charge in [0.05, 0.1) is 17.1 Å². The molecule has 0 radical (unpaired) electrons. The molecule has 0 amide bonds. The molecule has 170 valence electrons. The van der Waals surface area contributed by atoms with E-state index in [2.05, 4.69) is 37.5 Å². The van der Waals surface area contributed by atoms with Crippen LogP contribution in [0.15, 0.2) is 54.6 Å². The number of para-hydroxylation sites is 1. The molecule has 0 bridgehead atoms. The summed E-state index contributed by atoms with van der Waals surface area (Å²) in [4.78, 5) is 4.56. The van der Waals surface area contributed by atoms with Gasteiger partial charge in [0.2, 0.25) is 0 Å². The lowest BCUT2D eigenvalue weighted by molar-refractivity contribution is -0.137. The van der Waals surface area contributed by atoms with Crippen molar-refractivity contribution in [1.29, 1.82) is 0 Å². The van der Waals surface area contributed by atoms with Gasteiger partial charge in [0.25, 0.3) is 0 Å². The molecule has 32 heavy (non-hydrogen) atoms. The Morgan fingerprint density at radius 3 is 2.03 bits per heavy atom. The Morgan fingerprint density at radius 1 is 0.844 bits per heavy atom. The Hall–Kier alpha value is -2.94. The second-order valence-corrected chi connectivity index (χ2v) is 9.00. The lowest BCUT2D eigenvalue weighted by Crippen LogP contribution is -2.48. The van der Waals surface area contributed by atoms with Gasteiger partial charge in [-0.15, -0.1) is 5.10 Å². The number of tetrazole rings is 1. The van der Waals surface area contributed by atoms with Gasteiger partial charge in [-0.05, 0) is 61.0 Å². The van der Waals surface area contributed by atoms with Gasteiger partial charge in [-0.1, -0.05) is 30.3 Å². The van der Waals surface area contributed by atoms with Crippen LogP contribution in [0, 0.1) is 0 Å². The number of hydrogen-bond donors (Lipinski definition) is 0. The fraction of sp³-hybridized carbons (Fsp3) is 0.435. The topological polar surface area (TPSA) is 50.1 Å². The van der Waals surface area contributed by atoms with Gasteiger partial charge in [-0.25, -0.2) is 4.68 Å². The van der Waals surface area contributed by atoms with Gasteiger partial charge in [-0.2, -0.15) is 13.2 Å². The zero-order valence-corrected chi connectivity index (χ0v) is 18.4. The molecule has 6 nitrogen and oxygen atoms in total. The number of aromatic nitrogens is 4. The number of piperazine rings is 1. The number of rotatable bonds is 4. The van der Waals surface area contributed by atoms with Crippen molar-refractivity contribution < 1.29 is 13.2 Å². The number of nitrogens with zero attached hydrogens (tertiary/aromatic N) is 6. The van der Waals surface area contributed by atoms with E-state index in [0.29, 0.717) is 5.82 Å². The van der Waals surface area contributed by atoms with Gasteiger partial charge in [-0.3, -0.25) is 4.90 Å². The summed E-state index contributed by atoms with van der Waals surface area (Å²) < 4.78 is 41.1. The van der Waals surface area contributed by atoms with E-state index >= 15 is 0 Å². The first-order valence-corrected chi connectivity index (χ1v) is 10.6. The van der Waals surface area contributed by atoms with E-state index < -0.39 is 11.7 Å². The summed E-state index contributed by atoms with van der Waals surface area (Å²) in [6, 6.07) is 15.2. The van der Waals surface area contributed by atoms with Crippen LogP contribution in [0.5, 0.6) is 0 Å². The Morgan fingerprint density at radius 2 is 1.47 bits per heavy atom. The summed E-state index contributed by atoms with van der Waals surface area (Å²) in [5.74, 6) is 0.630. The first-order chi connectivity index (χ1) is 15.1. The summed E-state index contributed by atoms with van der Waals surface area (Å²) in [6.45, 7) is 9.09. The molecule has 0 saturated carbocycles. The molecule has 0 N–H and O–H groups in total. The maximum absolute atomic E-state index is 13.1. The van der Waals surface area contributed by atoms with Crippen molar-refractivity contribution >= 4 is 5.69 Å². The number of alkyl halides is 3. The Kier molecular flexibility index (Phi) is 5.94. The quantitative estimate of drug-likeness (QED) is 0.599. The van der Waals surface area contributed by atoms with Crippen molar-refractivity contribution in [2.45, 2.75) is 38.5 Å². The van der Waals surface area contributed by atoms with E-state index in [9.17, 15) is 13.2 Å². The van der Waals surface area contributed by atoms with E-state index in [1.165, 1.54) is 0 Å². The van der Waals surface area contributed by atoms with Gasteiger partial charge in [0, 0.05) is 31.9 Å². The smallest absolute Gasteiger partial charge is 0.369 e. The summed E-state index contributed by atoms with van der Waals surface area (Å²) in [6.07, 6.45) is -4.37. The predicted molar refractivity (Wildman–Crippen MR) is 116 cm³/mol. The lowest BCUT2D eigenvalue weighted by Gasteiger charge is -2.40. The molecular weight excluding hydrogens is 417 g/mol. The van der Waals surface area contributed by atoms with Crippen molar-refractivity contribution in [3.8, 4) is 0 Å². The molecule has 1 aromatic heterocycles. The van der Waals surface area contributed by atoms with Gasteiger partial charge in [0.1, 0.15) is 0 Å². The average molecular weight is 445 g/mol. The Balaban J connectivity index is 1.66. The Labute approximate surface area is 185 Å². The number of hydrogen-bond acceptors (Lipinski definition) is 5. The highest BCUT2D eigenvalue weighted by atomic mass is 19.4. The van der Waals surface area contributed by atoms with Crippen molar-refractivity contribution in [2.24, 2.45) is 0 Å². The van der Waals surface area contributed by atoms with E-state index in [0.717, 1.165) is 49.6 Å². The summed E-state index contributed by atoms with van der Waals surface area (Å²) in [5, 5.41) is 12.4. The average Bonchev–Trinajstić information content (AvgIpc) is 3.25. The highest BCUT2D eigenvalue weighted by Gasteiger charge is 2.35. The standard InChI is InChI=1S/C23H27F3N6/c1-22(2,3)32-21(27-28-29-32)20(17-9-11-18(12-10-17)23(24,25)26)31-15-13-30(14-16-31)19-7-5-4-6-8-19/h4-12,20H,13-16H2,1-3H3/t20-/m1/s1. The molecule has 1 aliphatic rings. The van der Waals surface area contributed by atoms with Crippen LogP contribution in [-0.2, 0) is 11.7 Å². The summed E-state index contributed by atoms with van der Waals surface area (Å²) in [7, 11) is 0. The molecule has 1 aliphatic heterocycles. The van der Waals surface area contributed by atoms with Crippen LogP contribution in [0.4, 0.5) is 18.9 Å². The molecular formula is C23H27F3N6. The number of halogens is 3. The van der Waals surface area contributed by atoms with Crippen LogP contribution in [-0.4, -0.2) is 51.3 Å². The van der Waals surface area contributed by atoms with Gasteiger partial charge < -0.3 is 4.90 Å². The van der Waals surface area contributed by atoms with Crippen LogP contribution in [0.1, 0.15) is 43.8 Å². The molecule has 1 fully saturated rings. The number of benzene rings is 2. The predicted octanol–water partition coefficient (Wildman–Crippen LogP) is 4.36. The highest BCUT2D eigenvalue weighted by molar-refractivity contribution is 5.46. The molecule has 1 saturated heterocycles. The highest BCUT2D eigenvalue weighted by Crippen LogP contribution is 2.34. The Bertz CT molecular complexity index is 1020. The maximum atomic E-state index is 13.1. The second kappa shape index (κ2) is 8.54. The van der Waals surface area contributed by atoms with Crippen molar-refractivity contribution in [3.05, 3.63) is 71.5 Å². The second-order valence-electron chi connectivity index (χ2n) is 9.00. The van der Waals surface area contributed by atoms with Crippen LogP contribution in [0.2, 0.25) is 0 Å². The zero-order valence-electron chi connectivity index (χ0n) is 18.4. The maximum Gasteiger partial charge on any atom is 0.416 e. The van der Waals surface area contributed by atoms with Crippen molar-refractivity contribution in [3.63, 3.8) is 0 Å². The third-order valence-corrected chi connectivity index (χ3v) is 5.73. The van der Waals surface area contributed by atoms with E-state index in [1.807, 2.05) is 39.0 Å². The van der Waals surface area contributed by atoms with Crippen LogP contribution < -0.4 is 4.90 Å². The molecule has 2 aromatic carbocycles. The van der Waals surface area contributed by atoms with E-state index in [1.54, 1.807) is 16.8 Å². The largest absolute Gasteiger partial charge is 0.416 e. The minimum atomic E-state index is -4.37. The van der Waals surface area contributed by atoms with Crippen LogP contribution >= 0.6 is 0 Å². The summed E-state index contributed by atoms with van der Waals surface area (Å²) >= 11 is 0.